The number of amides is 1. The van der Waals surface area contributed by atoms with Gasteiger partial charge in [-0.15, -0.1) is 0 Å². The first kappa shape index (κ1) is 19.9. The minimum atomic E-state index is -0.819. The lowest BCUT2D eigenvalue weighted by Crippen LogP contribution is -2.45. The molecule has 1 N–H and O–H groups in total. The molecular weight excluding hydrogens is 336 g/mol. The molecule has 8 heteroatoms. The average Bonchev–Trinajstić information content (AvgIpc) is 2.51. The number of hydrogen-bond acceptors (Lipinski definition) is 5. The van der Waals surface area contributed by atoms with Crippen LogP contribution < -0.4 is 5.32 Å². The summed E-state index contributed by atoms with van der Waals surface area (Å²) in [6.45, 7) is 5.84. The van der Waals surface area contributed by atoms with Crippen LogP contribution in [0.25, 0.3) is 0 Å². The number of rotatable bonds is 8. The van der Waals surface area contributed by atoms with Crippen molar-refractivity contribution in [2.75, 3.05) is 6.61 Å². The number of nitro groups is 1. The van der Waals surface area contributed by atoms with E-state index in [4.69, 9.17) is 16.3 Å². The zero-order valence-corrected chi connectivity index (χ0v) is 14.6. The number of carbonyl (C=O) groups excluding carboxylic acids is 2. The van der Waals surface area contributed by atoms with Crippen molar-refractivity contribution in [3.8, 4) is 0 Å². The van der Waals surface area contributed by atoms with Crippen molar-refractivity contribution < 1.29 is 19.2 Å². The standard InChI is InChI=1S/C16H21ClN2O5/c1-4-5-8-24-16(21)14(10(2)3)18-15(20)12-7-6-11(19(22)23)9-13(12)17/h6-7,9-10,14H,4-5,8H2,1-3H3,(H,18,20). The number of hydrogen-bond donors (Lipinski definition) is 1. The molecule has 1 amide bonds. The molecule has 1 aromatic carbocycles. The highest BCUT2D eigenvalue weighted by molar-refractivity contribution is 6.34. The molecule has 0 radical (unpaired) electrons. The molecule has 1 rings (SSSR count). The first-order valence-corrected chi connectivity index (χ1v) is 8.07. The number of nitrogens with zero attached hydrogens (tertiary/aromatic N) is 1. The van der Waals surface area contributed by atoms with Gasteiger partial charge in [0.1, 0.15) is 6.04 Å². The van der Waals surface area contributed by atoms with E-state index in [0.29, 0.717) is 6.61 Å². The van der Waals surface area contributed by atoms with Gasteiger partial charge in [-0.2, -0.15) is 0 Å². The van der Waals surface area contributed by atoms with Crippen LogP contribution in [0.4, 0.5) is 5.69 Å². The van der Waals surface area contributed by atoms with E-state index < -0.39 is 22.8 Å². The Bertz CT molecular complexity index is 618. The van der Waals surface area contributed by atoms with Crippen LogP contribution >= 0.6 is 11.6 Å². The first-order chi connectivity index (χ1) is 11.3. The van der Waals surface area contributed by atoms with E-state index in [2.05, 4.69) is 5.32 Å². The molecule has 1 aromatic rings. The van der Waals surface area contributed by atoms with E-state index in [9.17, 15) is 19.7 Å². The number of halogens is 1. The maximum absolute atomic E-state index is 12.3. The monoisotopic (exact) mass is 356 g/mol. The third-order valence-corrected chi connectivity index (χ3v) is 3.67. The highest BCUT2D eigenvalue weighted by Crippen LogP contribution is 2.22. The summed E-state index contributed by atoms with van der Waals surface area (Å²) in [6.07, 6.45) is 1.64. The molecule has 1 unspecified atom stereocenters. The quantitative estimate of drug-likeness (QED) is 0.333. The van der Waals surface area contributed by atoms with Gasteiger partial charge >= 0.3 is 5.97 Å². The van der Waals surface area contributed by atoms with E-state index >= 15 is 0 Å². The molecule has 1 atom stereocenters. The van der Waals surface area contributed by atoms with Gasteiger partial charge < -0.3 is 10.1 Å². The number of ether oxygens (including phenoxy) is 1. The fourth-order valence-corrected chi connectivity index (χ4v) is 2.19. The van der Waals surface area contributed by atoms with E-state index in [-0.39, 0.29) is 22.2 Å². The SMILES string of the molecule is CCCCOC(=O)C(NC(=O)c1ccc([N+](=O)[O-])cc1Cl)C(C)C. The molecule has 0 aliphatic heterocycles. The highest BCUT2D eigenvalue weighted by atomic mass is 35.5. The van der Waals surface area contributed by atoms with Crippen molar-refractivity contribution in [1.82, 2.24) is 5.32 Å². The van der Waals surface area contributed by atoms with Crippen LogP contribution in [0.3, 0.4) is 0 Å². The lowest BCUT2D eigenvalue weighted by atomic mass is 10.0. The largest absolute Gasteiger partial charge is 0.464 e. The number of carbonyl (C=O) groups is 2. The number of non-ortho nitro benzene ring substituents is 1. The van der Waals surface area contributed by atoms with Crippen molar-refractivity contribution in [2.24, 2.45) is 5.92 Å². The van der Waals surface area contributed by atoms with Crippen LogP contribution in [-0.2, 0) is 9.53 Å². The van der Waals surface area contributed by atoms with Crippen molar-refractivity contribution in [3.63, 3.8) is 0 Å². The fourth-order valence-electron chi connectivity index (χ4n) is 1.93. The summed E-state index contributed by atoms with van der Waals surface area (Å²) in [5.74, 6) is -1.27. The minimum absolute atomic E-state index is 0.0523. The van der Waals surface area contributed by atoms with Crippen LogP contribution in [0.2, 0.25) is 5.02 Å². The Kier molecular flexibility index (Phi) is 7.64. The molecule has 0 heterocycles. The van der Waals surface area contributed by atoms with Crippen LogP contribution in [0.5, 0.6) is 0 Å². The third-order valence-electron chi connectivity index (χ3n) is 3.36. The van der Waals surface area contributed by atoms with Gasteiger partial charge in [-0.25, -0.2) is 4.79 Å². The van der Waals surface area contributed by atoms with Crippen LogP contribution in [0, 0.1) is 16.0 Å². The van der Waals surface area contributed by atoms with Gasteiger partial charge in [0.25, 0.3) is 11.6 Å². The molecule has 0 aliphatic rings. The van der Waals surface area contributed by atoms with E-state index in [1.807, 2.05) is 6.92 Å². The van der Waals surface area contributed by atoms with Gasteiger partial charge in [0, 0.05) is 12.1 Å². The summed E-state index contributed by atoms with van der Waals surface area (Å²) in [5, 5.41) is 13.2. The van der Waals surface area contributed by atoms with Gasteiger partial charge in [-0.05, 0) is 18.4 Å². The minimum Gasteiger partial charge on any atom is -0.464 e. The summed E-state index contributed by atoms with van der Waals surface area (Å²) in [5.41, 5.74) is -0.148. The lowest BCUT2D eigenvalue weighted by Gasteiger charge is -2.21. The zero-order chi connectivity index (χ0) is 18.3. The second kappa shape index (κ2) is 9.22. The van der Waals surface area contributed by atoms with Crippen LogP contribution in [-0.4, -0.2) is 29.4 Å². The van der Waals surface area contributed by atoms with Crippen LogP contribution in [0.1, 0.15) is 44.0 Å². The molecule has 0 aromatic heterocycles. The van der Waals surface area contributed by atoms with Crippen molar-refractivity contribution in [2.45, 2.75) is 39.7 Å². The Hall–Kier alpha value is -2.15. The lowest BCUT2D eigenvalue weighted by molar-refractivity contribution is -0.384. The maximum Gasteiger partial charge on any atom is 0.328 e. The molecule has 0 spiro atoms. The third kappa shape index (κ3) is 5.49. The molecule has 0 bridgehead atoms. The second-order valence-corrected chi connectivity index (χ2v) is 6.04. The normalized spacial score (nSPS) is 11.9. The second-order valence-electron chi connectivity index (χ2n) is 5.64. The topological polar surface area (TPSA) is 98.5 Å². The smallest absolute Gasteiger partial charge is 0.328 e. The summed E-state index contributed by atoms with van der Waals surface area (Å²) >= 11 is 5.93. The van der Waals surface area contributed by atoms with Crippen molar-refractivity contribution >= 4 is 29.2 Å². The predicted molar refractivity (Wildman–Crippen MR) is 90.1 cm³/mol. The molecule has 0 aliphatic carbocycles. The molecule has 0 saturated heterocycles. The van der Waals surface area contributed by atoms with Gasteiger partial charge in [-0.3, -0.25) is 14.9 Å². The number of nitrogens with one attached hydrogen (secondary N) is 1. The highest BCUT2D eigenvalue weighted by Gasteiger charge is 2.27. The van der Waals surface area contributed by atoms with E-state index in [0.717, 1.165) is 18.9 Å². The zero-order valence-electron chi connectivity index (χ0n) is 13.9. The molecule has 132 valence electrons. The number of unbranched alkanes of at least 4 members (excludes halogenated alkanes) is 1. The summed E-state index contributed by atoms with van der Waals surface area (Å²) < 4.78 is 5.15. The van der Waals surface area contributed by atoms with Gasteiger partial charge in [0.2, 0.25) is 0 Å². The average molecular weight is 357 g/mol. The number of esters is 1. The summed E-state index contributed by atoms with van der Waals surface area (Å²) in [7, 11) is 0. The number of benzene rings is 1. The Morgan fingerprint density at radius 3 is 2.54 bits per heavy atom. The molecule has 0 fully saturated rings. The summed E-state index contributed by atoms with van der Waals surface area (Å²) in [6, 6.07) is 2.72. The maximum atomic E-state index is 12.3. The Morgan fingerprint density at radius 2 is 2.04 bits per heavy atom. The first-order valence-electron chi connectivity index (χ1n) is 7.69. The molecule has 0 saturated carbocycles. The number of nitro benzene ring substituents is 1. The fraction of sp³-hybridized carbons (Fsp3) is 0.500. The van der Waals surface area contributed by atoms with E-state index in [1.54, 1.807) is 13.8 Å². The van der Waals surface area contributed by atoms with Gasteiger partial charge in [0.15, 0.2) is 0 Å². The van der Waals surface area contributed by atoms with Gasteiger partial charge in [-0.1, -0.05) is 38.8 Å². The summed E-state index contributed by atoms with van der Waals surface area (Å²) in [4.78, 5) is 34.5. The van der Waals surface area contributed by atoms with Crippen molar-refractivity contribution in [1.29, 1.82) is 0 Å². The van der Waals surface area contributed by atoms with E-state index in [1.165, 1.54) is 12.1 Å². The van der Waals surface area contributed by atoms with Gasteiger partial charge in [0.05, 0.1) is 22.1 Å². The van der Waals surface area contributed by atoms with Crippen molar-refractivity contribution in [3.05, 3.63) is 38.9 Å². The molecule has 7 nitrogen and oxygen atoms in total. The Labute approximate surface area is 145 Å². The Balaban J connectivity index is 2.85. The van der Waals surface area contributed by atoms with Crippen LogP contribution in [0.15, 0.2) is 18.2 Å². The molecular formula is C16H21ClN2O5. The molecule has 24 heavy (non-hydrogen) atoms. The Morgan fingerprint density at radius 1 is 1.38 bits per heavy atom. The predicted octanol–water partition coefficient (Wildman–Crippen LogP) is 3.35.